The molecule has 230 valence electrons. The molecule has 0 radical (unpaired) electrons. The molecule has 0 atom stereocenters. The van der Waals surface area contributed by atoms with Crippen LogP contribution < -0.4 is 40.2 Å². The van der Waals surface area contributed by atoms with Crippen molar-refractivity contribution >= 4 is 90.4 Å². The van der Waals surface area contributed by atoms with Crippen LogP contribution in [0.3, 0.4) is 0 Å². The Bertz CT molecular complexity index is 1310. The number of ether oxygens (including phenoxy) is 6. The average Bonchev–Trinajstić information content (AvgIpc) is 2.99. The van der Waals surface area contributed by atoms with Crippen LogP contribution in [-0.2, 0) is 22.7 Å². The van der Waals surface area contributed by atoms with Crippen molar-refractivity contribution in [2.45, 2.75) is 27.1 Å². The molecule has 0 saturated carbocycles. The summed E-state index contributed by atoms with van der Waals surface area (Å²) >= 11 is 8.88. The molecule has 0 aliphatic heterocycles. The molecule has 0 aromatic heterocycles. The molecule has 4 aromatic carbocycles. The summed E-state index contributed by atoms with van der Waals surface area (Å²) in [6.45, 7) is 6.67. The van der Waals surface area contributed by atoms with Crippen molar-refractivity contribution in [1.82, 2.24) is 0 Å². The number of halogens is 5. The van der Waals surface area contributed by atoms with E-state index in [4.69, 9.17) is 28.4 Å². The van der Waals surface area contributed by atoms with Crippen LogP contribution in [0.15, 0.2) is 72.8 Å². The van der Waals surface area contributed by atoms with Gasteiger partial charge in [-0.25, -0.2) is 0 Å². The van der Waals surface area contributed by atoms with Gasteiger partial charge >= 0.3 is 286 Å². The molecular formula is C32H30I5O6-. The summed E-state index contributed by atoms with van der Waals surface area (Å²) in [6, 6.07) is 25.2. The third kappa shape index (κ3) is 11.4. The molecule has 43 heavy (non-hydrogen) atoms. The Morgan fingerprint density at radius 1 is 0.512 bits per heavy atom. The summed E-state index contributed by atoms with van der Waals surface area (Å²) in [6.07, 6.45) is 0. The first-order valence-corrected chi connectivity index (χ1v) is 19.8. The zero-order valence-electron chi connectivity index (χ0n) is 23.5. The molecule has 0 heterocycles. The average molecular weight is 1150 g/mol. The van der Waals surface area contributed by atoms with Crippen LogP contribution in [0.2, 0.25) is 0 Å². The summed E-state index contributed by atoms with van der Waals surface area (Å²) < 4.78 is 41.1. The minimum atomic E-state index is -0.308. The van der Waals surface area contributed by atoms with E-state index in [9.17, 15) is 0 Å². The fraction of sp³-hybridized carbons (Fsp3) is 0.250. The molecule has 11 heteroatoms. The SMILES string of the molecule is CCOCOc1c(I)cc(COc2ccc([I-]c3ccc(OCc4cc(I)c(OCOCC)c(I)c4)cc3)cc2)cc1I. The molecule has 6 nitrogen and oxygen atoms in total. The first kappa shape index (κ1) is 35.5. The first-order valence-electron chi connectivity index (χ1n) is 13.3. The molecule has 0 bridgehead atoms. The van der Waals surface area contributed by atoms with E-state index in [0.29, 0.717) is 26.4 Å². The van der Waals surface area contributed by atoms with Gasteiger partial charge < -0.3 is 9.47 Å². The molecule has 4 rings (SSSR count). The Morgan fingerprint density at radius 2 is 0.860 bits per heavy atom. The minimum absolute atomic E-state index is 0.256. The van der Waals surface area contributed by atoms with E-state index in [-0.39, 0.29) is 34.8 Å². The van der Waals surface area contributed by atoms with E-state index < -0.39 is 0 Å². The van der Waals surface area contributed by atoms with Crippen molar-refractivity contribution in [3.63, 3.8) is 0 Å². The van der Waals surface area contributed by atoms with Gasteiger partial charge in [-0.2, -0.15) is 0 Å². The van der Waals surface area contributed by atoms with Crippen molar-refractivity contribution in [1.29, 1.82) is 0 Å². The van der Waals surface area contributed by atoms with Crippen molar-refractivity contribution in [3.8, 4) is 23.0 Å². The van der Waals surface area contributed by atoms with Crippen molar-refractivity contribution in [3.05, 3.63) is 105 Å². The molecular weight excluding hydrogens is 1110 g/mol. The molecule has 0 fully saturated rings. The fourth-order valence-corrected chi connectivity index (χ4v) is 10.3. The Labute approximate surface area is 318 Å². The summed E-state index contributed by atoms with van der Waals surface area (Å²) in [4.78, 5) is 0. The molecule has 0 unspecified atom stereocenters. The Morgan fingerprint density at radius 3 is 1.19 bits per heavy atom. The predicted octanol–water partition coefficient (Wildman–Crippen LogP) is 6.14. The third-order valence-corrected chi connectivity index (χ3v) is 11.6. The van der Waals surface area contributed by atoms with E-state index in [2.05, 4.69) is 163 Å². The van der Waals surface area contributed by atoms with Crippen molar-refractivity contribution in [2.75, 3.05) is 26.8 Å². The normalized spacial score (nSPS) is 11.0. The van der Waals surface area contributed by atoms with Crippen LogP contribution in [0.4, 0.5) is 0 Å². The molecule has 4 aromatic rings. The van der Waals surface area contributed by atoms with Gasteiger partial charge in [-0.1, -0.05) is 0 Å². The fourth-order valence-electron chi connectivity index (χ4n) is 3.68. The summed E-state index contributed by atoms with van der Waals surface area (Å²) in [5.74, 6) is 3.42. The van der Waals surface area contributed by atoms with Gasteiger partial charge in [0.1, 0.15) is 0 Å². The Hall–Kier alpha value is -0.350. The number of hydrogen-bond donors (Lipinski definition) is 0. The summed E-state index contributed by atoms with van der Waals surface area (Å²) in [7, 11) is 0. The second-order valence-electron chi connectivity index (χ2n) is 8.87. The van der Waals surface area contributed by atoms with Crippen LogP contribution >= 0.6 is 90.4 Å². The zero-order chi connectivity index (χ0) is 30.6. The maximum absolute atomic E-state index is 6.08. The molecule has 0 spiro atoms. The van der Waals surface area contributed by atoms with E-state index in [1.165, 1.54) is 7.14 Å². The van der Waals surface area contributed by atoms with Crippen LogP contribution in [0.1, 0.15) is 25.0 Å². The van der Waals surface area contributed by atoms with Crippen molar-refractivity contribution in [2.24, 2.45) is 0 Å². The topological polar surface area (TPSA) is 55.4 Å². The van der Waals surface area contributed by atoms with Crippen LogP contribution in [-0.4, -0.2) is 26.8 Å². The van der Waals surface area contributed by atoms with Crippen LogP contribution in [0.5, 0.6) is 23.0 Å². The van der Waals surface area contributed by atoms with Gasteiger partial charge in [0.25, 0.3) is 0 Å². The third-order valence-electron chi connectivity index (χ3n) is 5.75. The first-order chi connectivity index (χ1) is 20.9. The van der Waals surface area contributed by atoms with Gasteiger partial charge in [0.15, 0.2) is 0 Å². The molecule has 0 saturated heterocycles. The molecule has 0 aliphatic rings. The molecule has 0 aliphatic carbocycles. The van der Waals surface area contributed by atoms with Crippen LogP contribution in [0, 0.1) is 21.4 Å². The number of hydrogen-bond acceptors (Lipinski definition) is 6. The molecule has 0 N–H and O–H groups in total. The second kappa shape index (κ2) is 18.7. The van der Waals surface area contributed by atoms with Gasteiger partial charge in [-0.05, 0) is 13.8 Å². The van der Waals surface area contributed by atoms with E-state index in [1.54, 1.807) is 0 Å². The van der Waals surface area contributed by atoms with Gasteiger partial charge in [-0.3, -0.25) is 0 Å². The van der Waals surface area contributed by atoms with Gasteiger partial charge in [0.05, 0.1) is 0 Å². The van der Waals surface area contributed by atoms with Crippen molar-refractivity contribution < 1.29 is 49.6 Å². The van der Waals surface area contributed by atoms with Crippen LogP contribution in [0.25, 0.3) is 0 Å². The molecule has 0 amide bonds. The summed E-state index contributed by atoms with van der Waals surface area (Å²) in [5.41, 5.74) is 2.20. The monoisotopic (exact) mass is 1140 g/mol. The van der Waals surface area contributed by atoms with Gasteiger partial charge in [0, 0.05) is 13.2 Å². The Balaban J connectivity index is 1.26. The predicted molar refractivity (Wildman–Crippen MR) is 197 cm³/mol. The van der Waals surface area contributed by atoms with Gasteiger partial charge in [0.2, 0.25) is 0 Å². The van der Waals surface area contributed by atoms with Gasteiger partial charge in [-0.15, -0.1) is 0 Å². The number of benzene rings is 4. The summed E-state index contributed by atoms with van der Waals surface area (Å²) in [5, 5.41) is 0. The van der Waals surface area contributed by atoms with E-state index in [0.717, 1.165) is 48.4 Å². The second-order valence-corrected chi connectivity index (χ2v) is 16.5. The van der Waals surface area contributed by atoms with E-state index in [1.807, 2.05) is 13.8 Å². The zero-order valence-corrected chi connectivity index (χ0v) is 34.3. The van der Waals surface area contributed by atoms with E-state index >= 15 is 0 Å². The standard InChI is InChI=1S/C32H30I5O6/c1-3-38-19-42-31-27(33)13-21(14-28(31)34)17-40-25-9-5-23(6-10-25)37-24-7-11-26(12-8-24)41-18-22-15-29(35)32(30(36)16-22)43-20-39-4-2/h5-16H,3-4,17-20H2,1-2H3/q-1. The number of rotatable bonds is 16. The quantitative estimate of drug-likeness (QED) is 0.0765. The Kier molecular flexibility index (Phi) is 15.4. The maximum atomic E-state index is 6.08.